The number of carbonyl (C=O) groups is 2. The molecule has 6 nitrogen and oxygen atoms in total. The van der Waals surface area contributed by atoms with E-state index in [1.54, 1.807) is 19.2 Å². The number of fused-ring (bicyclic) bond motifs is 1. The predicted molar refractivity (Wildman–Crippen MR) is 83.0 cm³/mol. The van der Waals surface area contributed by atoms with Gasteiger partial charge in [-0.1, -0.05) is 17.7 Å². The third kappa shape index (κ3) is 3.38. The second kappa shape index (κ2) is 7.76. The Balaban J connectivity index is 0.00000208. The van der Waals surface area contributed by atoms with Crippen molar-refractivity contribution in [1.82, 2.24) is 9.88 Å². The molecule has 0 spiro atoms. The number of hydrogen-bond acceptors (Lipinski definition) is 6. The second-order valence-electron chi connectivity index (χ2n) is 5.55. The first kappa shape index (κ1) is 19.8. The van der Waals surface area contributed by atoms with E-state index in [-0.39, 0.29) is 47.2 Å². The Morgan fingerprint density at radius 3 is 2.92 bits per heavy atom. The normalized spacial score (nSPS) is 23.5. The van der Waals surface area contributed by atoms with Crippen LogP contribution < -0.4 is 34.7 Å². The number of halogens is 1. The molecule has 0 aliphatic carbocycles. The smallest absolute Gasteiger partial charge is 0.543 e. The third-order valence-electron chi connectivity index (χ3n) is 4.12. The molecule has 3 heterocycles. The van der Waals surface area contributed by atoms with Crippen LogP contribution in [-0.2, 0) is 15.3 Å². The Morgan fingerprint density at radius 2 is 2.33 bits per heavy atom. The van der Waals surface area contributed by atoms with Gasteiger partial charge in [0.1, 0.15) is 5.15 Å². The van der Waals surface area contributed by atoms with E-state index in [2.05, 4.69) is 4.98 Å². The molecule has 24 heavy (non-hydrogen) atoms. The summed E-state index contributed by atoms with van der Waals surface area (Å²) in [6.45, 7) is 1.54. The van der Waals surface area contributed by atoms with Gasteiger partial charge >= 0.3 is 29.6 Å². The first-order valence-corrected chi connectivity index (χ1v) is 8.46. The van der Waals surface area contributed by atoms with E-state index in [4.69, 9.17) is 11.6 Å². The Kier molecular flexibility index (Phi) is 6.39. The number of carbonyl (C=O) groups excluding carboxylic acids is 2. The van der Waals surface area contributed by atoms with Crippen LogP contribution in [0.15, 0.2) is 28.9 Å². The fraction of sp³-hybridized carbons (Fsp3) is 0.400. The molecule has 2 aliphatic rings. The van der Waals surface area contributed by atoms with Crippen LogP contribution in [0.25, 0.3) is 0 Å². The molecular weight excluding hydrogens is 363 g/mol. The molecule has 122 valence electrons. The van der Waals surface area contributed by atoms with E-state index in [9.17, 15) is 19.8 Å². The Labute approximate surface area is 170 Å². The van der Waals surface area contributed by atoms with Crippen LogP contribution in [0, 0.1) is 5.92 Å². The van der Waals surface area contributed by atoms with Crippen molar-refractivity contribution in [2.24, 2.45) is 5.92 Å². The maximum absolute atomic E-state index is 12.1. The standard InChI is InChI=1S/C15H15ClN2O4S.Na/c1-7(19)11-9-5-10(12(15(21)22)18(9)14(11)20)23-6-8-3-2-4-17-13(8)16;/h2-4,7,9,11,19H,5-6H2,1H3,(H,21,22);/q;+1/p-1/t7-,9-,11-;/m1./s1. The molecular formula is C15H14ClN2NaO4S. The van der Waals surface area contributed by atoms with Gasteiger partial charge in [-0.05, 0) is 18.6 Å². The van der Waals surface area contributed by atoms with Crippen molar-refractivity contribution in [3.8, 4) is 0 Å². The van der Waals surface area contributed by atoms with E-state index in [1.807, 2.05) is 6.07 Å². The molecule has 1 amide bonds. The van der Waals surface area contributed by atoms with Crippen LogP contribution in [0.1, 0.15) is 18.9 Å². The maximum Gasteiger partial charge on any atom is 1.00 e. The Hall–Kier alpha value is -0.570. The largest absolute Gasteiger partial charge is 1.00 e. The Morgan fingerprint density at radius 1 is 1.62 bits per heavy atom. The SMILES string of the molecule is C[C@@H](O)[C@H]1C(=O)N2C(C(=O)[O-])=C(SCc3cccnc3Cl)C[C@H]12.[Na+]. The summed E-state index contributed by atoms with van der Waals surface area (Å²) < 4.78 is 0. The molecule has 0 bridgehead atoms. The van der Waals surface area contributed by atoms with Crippen LogP contribution >= 0.6 is 23.4 Å². The zero-order valence-electron chi connectivity index (χ0n) is 13.2. The molecule has 0 unspecified atom stereocenters. The van der Waals surface area contributed by atoms with E-state index in [0.29, 0.717) is 22.2 Å². The number of β-lactam (4-membered cyclic amide) rings is 1. The van der Waals surface area contributed by atoms with Crippen LogP contribution in [0.2, 0.25) is 5.15 Å². The average Bonchev–Trinajstić information content (AvgIpc) is 2.80. The zero-order chi connectivity index (χ0) is 16.7. The van der Waals surface area contributed by atoms with Gasteiger partial charge < -0.3 is 19.9 Å². The molecule has 0 aromatic carbocycles. The summed E-state index contributed by atoms with van der Waals surface area (Å²) in [5.41, 5.74) is 0.707. The number of pyridine rings is 1. The van der Waals surface area contributed by atoms with Crippen molar-refractivity contribution in [3.05, 3.63) is 39.6 Å². The number of carboxylic acids is 1. The van der Waals surface area contributed by atoms with Gasteiger partial charge in [-0.3, -0.25) is 4.79 Å². The predicted octanol–water partition coefficient (Wildman–Crippen LogP) is -2.45. The number of rotatable bonds is 5. The molecule has 1 aromatic rings. The van der Waals surface area contributed by atoms with E-state index >= 15 is 0 Å². The van der Waals surface area contributed by atoms with Gasteiger partial charge in [0.2, 0.25) is 5.91 Å². The van der Waals surface area contributed by atoms with Crippen molar-refractivity contribution in [2.75, 3.05) is 0 Å². The summed E-state index contributed by atoms with van der Waals surface area (Å²) in [6.07, 6.45) is 1.19. The summed E-state index contributed by atoms with van der Waals surface area (Å²) in [6, 6.07) is 3.27. The average molecular weight is 377 g/mol. The van der Waals surface area contributed by atoms with Crippen molar-refractivity contribution >= 4 is 35.2 Å². The molecule has 0 radical (unpaired) electrons. The fourth-order valence-electron chi connectivity index (χ4n) is 3.04. The van der Waals surface area contributed by atoms with Gasteiger partial charge in [0.05, 0.1) is 29.7 Å². The number of amides is 1. The van der Waals surface area contributed by atoms with Crippen molar-refractivity contribution in [1.29, 1.82) is 0 Å². The van der Waals surface area contributed by atoms with Gasteiger partial charge in [-0.2, -0.15) is 0 Å². The zero-order valence-corrected chi connectivity index (χ0v) is 16.8. The van der Waals surface area contributed by atoms with Gasteiger partial charge in [-0.25, -0.2) is 4.98 Å². The quantitative estimate of drug-likeness (QED) is 0.348. The van der Waals surface area contributed by atoms with E-state index in [0.717, 1.165) is 5.56 Å². The summed E-state index contributed by atoms with van der Waals surface area (Å²) in [5.74, 6) is -1.83. The number of hydrogen-bond donors (Lipinski definition) is 1. The number of aliphatic carboxylic acids is 1. The van der Waals surface area contributed by atoms with Crippen LogP contribution in [0.4, 0.5) is 0 Å². The summed E-state index contributed by atoms with van der Waals surface area (Å²) in [7, 11) is 0. The van der Waals surface area contributed by atoms with Crippen molar-refractivity contribution in [2.45, 2.75) is 31.2 Å². The van der Waals surface area contributed by atoms with Gasteiger partial charge in [-0.15, -0.1) is 11.8 Å². The first-order chi connectivity index (χ1) is 10.9. The number of carboxylic acid groups (broad SMARTS) is 1. The molecule has 3 atom stereocenters. The van der Waals surface area contributed by atoms with Gasteiger partial charge in [0.15, 0.2) is 0 Å². The van der Waals surface area contributed by atoms with Crippen LogP contribution in [-0.4, -0.2) is 39.0 Å². The number of thioether (sulfide) groups is 1. The molecule has 2 aliphatic heterocycles. The van der Waals surface area contributed by atoms with E-state index < -0.39 is 18.0 Å². The number of nitrogens with zero attached hydrogens (tertiary/aromatic N) is 2. The number of aliphatic hydroxyl groups excluding tert-OH is 1. The molecule has 9 heteroatoms. The van der Waals surface area contributed by atoms with Crippen LogP contribution in [0.3, 0.4) is 0 Å². The molecule has 1 saturated heterocycles. The fourth-order valence-corrected chi connectivity index (χ4v) is 4.48. The molecule has 0 saturated carbocycles. The summed E-state index contributed by atoms with van der Waals surface area (Å²) >= 11 is 7.31. The molecule has 1 N–H and O–H groups in total. The minimum Gasteiger partial charge on any atom is -0.543 e. The number of aliphatic hydroxyl groups is 1. The molecule has 1 fully saturated rings. The number of aromatic nitrogens is 1. The topological polar surface area (TPSA) is 93.6 Å². The van der Waals surface area contributed by atoms with Crippen molar-refractivity contribution in [3.63, 3.8) is 0 Å². The van der Waals surface area contributed by atoms with Gasteiger partial charge in [0, 0.05) is 23.3 Å². The van der Waals surface area contributed by atoms with E-state index in [1.165, 1.54) is 16.7 Å². The minimum atomic E-state index is -1.37. The minimum absolute atomic E-state index is 0. The monoisotopic (exact) mass is 376 g/mol. The second-order valence-corrected chi connectivity index (χ2v) is 6.98. The van der Waals surface area contributed by atoms with Crippen LogP contribution in [0.5, 0.6) is 0 Å². The van der Waals surface area contributed by atoms with Crippen molar-refractivity contribution < 1.29 is 49.4 Å². The first-order valence-electron chi connectivity index (χ1n) is 7.09. The summed E-state index contributed by atoms with van der Waals surface area (Å²) in [4.78, 5) is 29.3. The molecule has 3 rings (SSSR count). The maximum atomic E-state index is 12.1. The summed E-state index contributed by atoms with van der Waals surface area (Å²) in [5, 5.41) is 21.5. The third-order valence-corrected chi connectivity index (χ3v) is 5.62. The molecule has 1 aromatic heterocycles. The van der Waals surface area contributed by atoms with Gasteiger partial charge in [0.25, 0.3) is 0 Å². The Bertz CT molecular complexity index is 712.